The van der Waals surface area contributed by atoms with Gasteiger partial charge in [0.15, 0.2) is 0 Å². The van der Waals surface area contributed by atoms with Crippen molar-refractivity contribution < 1.29 is 0 Å². The number of nitrogens with zero attached hydrogens (tertiary/aromatic N) is 1. The molecule has 2 nitrogen and oxygen atoms in total. The maximum Gasteiger partial charge on any atom is 0.00792 e. The van der Waals surface area contributed by atoms with Crippen molar-refractivity contribution in [3.63, 3.8) is 0 Å². The molecule has 1 saturated carbocycles. The summed E-state index contributed by atoms with van der Waals surface area (Å²) in [6.07, 6.45) is 11.5. The Morgan fingerprint density at radius 1 is 1.11 bits per heavy atom. The zero-order valence-corrected chi connectivity index (χ0v) is 13.2. The topological polar surface area (TPSA) is 15.3 Å². The minimum atomic E-state index is 0.703. The lowest BCUT2D eigenvalue weighted by atomic mass is 9.87. The van der Waals surface area contributed by atoms with Gasteiger partial charge in [0.2, 0.25) is 0 Å². The van der Waals surface area contributed by atoms with Gasteiger partial charge in [-0.25, -0.2) is 0 Å². The molecule has 0 spiro atoms. The fraction of sp³-hybridized carbons (Fsp3) is 1.00. The fourth-order valence-corrected chi connectivity index (χ4v) is 3.94. The van der Waals surface area contributed by atoms with Crippen LogP contribution in [0.5, 0.6) is 0 Å². The zero-order valence-electron chi connectivity index (χ0n) is 13.2. The van der Waals surface area contributed by atoms with Crippen LogP contribution in [0.2, 0.25) is 0 Å². The molecule has 1 saturated heterocycles. The summed E-state index contributed by atoms with van der Waals surface area (Å²) in [6, 6.07) is 0.703. The molecular formula is C17H34N2. The van der Waals surface area contributed by atoms with E-state index >= 15 is 0 Å². The van der Waals surface area contributed by atoms with Crippen LogP contribution in [-0.2, 0) is 0 Å². The third-order valence-electron chi connectivity index (χ3n) is 5.21. The van der Waals surface area contributed by atoms with E-state index in [1.807, 2.05) is 0 Å². The molecule has 1 N–H and O–H groups in total. The summed E-state index contributed by atoms with van der Waals surface area (Å²) in [5, 5.41) is 3.70. The van der Waals surface area contributed by atoms with E-state index in [0.717, 1.165) is 11.8 Å². The van der Waals surface area contributed by atoms with Crippen molar-refractivity contribution in [2.45, 2.75) is 71.3 Å². The Balaban J connectivity index is 1.73. The normalized spacial score (nSPS) is 28.4. The largest absolute Gasteiger partial charge is 0.314 e. The fourth-order valence-electron chi connectivity index (χ4n) is 3.94. The third-order valence-corrected chi connectivity index (χ3v) is 5.21. The molecule has 0 aromatic rings. The van der Waals surface area contributed by atoms with Gasteiger partial charge in [0.1, 0.15) is 0 Å². The Kier molecular flexibility index (Phi) is 6.66. The summed E-state index contributed by atoms with van der Waals surface area (Å²) in [5.74, 6) is 1.88. The van der Waals surface area contributed by atoms with Crippen LogP contribution in [0.3, 0.4) is 0 Å². The molecule has 0 aromatic heterocycles. The minimum absolute atomic E-state index is 0.703. The van der Waals surface area contributed by atoms with Gasteiger partial charge < -0.3 is 10.2 Å². The molecule has 0 amide bonds. The predicted molar refractivity (Wildman–Crippen MR) is 83.5 cm³/mol. The van der Waals surface area contributed by atoms with E-state index in [4.69, 9.17) is 0 Å². The summed E-state index contributed by atoms with van der Waals surface area (Å²) in [5.41, 5.74) is 0. The van der Waals surface area contributed by atoms with Gasteiger partial charge in [0.25, 0.3) is 0 Å². The van der Waals surface area contributed by atoms with Crippen LogP contribution in [0, 0.1) is 11.8 Å². The Labute approximate surface area is 120 Å². The van der Waals surface area contributed by atoms with Gasteiger partial charge in [-0.2, -0.15) is 0 Å². The van der Waals surface area contributed by atoms with Gasteiger partial charge in [-0.1, -0.05) is 26.2 Å². The molecule has 19 heavy (non-hydrogen) atoms. The maximum atomic E-state index is 3.70. The number of likely N-dealkylation sites (tertiary alicyclic amines) is 1. The highest BCUT2D eigenvalue weighted by Gasteiger charge is 2.26. The van der Waals surface area contributed by atoms with Crippen molar-refractivity contribution in [3.05, 3.63) is 0 Å². The zero-order chi connectivity index (χ0) is 13.5. The molecule has 1 heterocycles. The lowest BCUT2D eigenvalue weighted by Gasteiger charge is -2.38. The maximum absolute atomic E-state index is 3.70. The van der Waals surface area contributed by atoms with Crippen LogP contribution in [0.15, 0.2) is 0 Å². The average Bonchev–Trinajstić information content (AvgIpc) is 2.46. The number of hydrogen-bond acceptors (Lipinski definition) is 2. The number of rotatable bonds is 6. The Hall–Kier alpha value is -0.0800. The predicted octanol–water partition coefficient (Wildman–Crippen LogP) is 3.67. The first-order valence-corrected chi connectivity index (χ1v) is 8.75. The smallest absolute Gasteiger partial charge is 0.00792 e. The minimum Gasteiger partial charge on any atom is -0.314 e. The standard InChI is InChI=1S/C17H34N2/c1-3-11-18-15(2)17-10-7-12-19(14-17)13-16-8-5-4-6-9-16/h15-18H,3-14H2,1-2H3. The van der Waals surface area contributed by atoms with Crippen LogP contribution >= 0.6 is 0 Å². The van der Waals surface area contributed by atoms with Crippen molar-refractivity contribution >= 4 is 0 Å². The lowest BCUT2D eigenvalue weighted by molar-refractivity contribution is 0.121. The SMILES string of the molecule is CCCNC(C)C1CCCN(CC2CCCCC2)C1. The van der Waals surface area contributed by atoms with Crippen LogP contribution < -0.4 is 5.32 Å². The molecule has 1 aliphatic carbocycles. The highest BCUT2D eigenvalue weighted by molar-refractivity contribution is 4.82. The van der Waals surface area contributed by atoms with E-state index in [2.05, 4.69) is 24.1 Å². The van der Waals surface area contributed by atoms with Crippen molar-refractivity contribution in [2.24, 2.45) is 11.8 Å². The van der Waals surface area contributed by atoms with Crippen LogP contribution in [0.4, 0.5) is 0 Å². The van der Waals surface area contributed by atoms with Crippen molar-refractivity contribution in [1.82, 2.24) is 10.2 Å². The monoisotopic (exact) mass is 266 g/mol. The average molecular weight is 266 g/mol. The third kappa shape index (κ3) is 5.07. The molecular weight excluding hydrogens is 232 g/mol. The highest BCUT2D eigenvalue weighted by Crippen LogP contribution is 2.27. The second-order valence-electron chi connectivity index (χ2n) is 6.91. The first-order chi connectivity index (χ1) is 9.29. The molecule has 2 aliphatic rings. The molecule has 2 rings (SSSR count). The number of piperidine rings is 1. The Morgan fingerprint density at radius 2 is 1.89 bits per heavy atom. The molecule has 2 atom stereocenters. The van der Waals surface area contributed by atoms with Gasteiger partial charge in [-0.15, -0.1) is 0 Å². The highest BCUT2D eigenvalue weighted by atomic mass is 15.1. The molecule has 2 heteroatoms. The Morgan fingerprint density at radius 3 is 2.63 bits per heavy atom. The summed E-state index contributed by atoms with van der Waals surface area (Å²) < 4.78 is 0. The molecule has 2 fully saturated rings. The van der Waals surface area contributed by atoms with E-state index < -0.39 is 0 Å². The number of hydrogen-bond donors (Lipinski definition) is 1. The van der Waals surface area contributed by atoms with E-state index in [1.165, 1.54) is 77.5 Å². The van der Waals surface area contributed by atoms with Crippen molar-refractivity contribution in [2.75, 3.05) is 26.2 Å². The van der Waals surface area contributed by atoms with E-state index in [-0.39, 0.29) is 0 Å². The first-order valence-electron chi connectivity index (χ1n) is 8.75. The van der Waals surface area contributed by atoms with Gasteiger partial charge >= 0.3 is 0 Å². The van der Waals surface area contributed by atoms with Gasteiger partial charge in [0.05, 0.1) is 0 Å². The van der Waals surface area contributed by atoms with Crippen LogP contribution in [-0.4, -0.2) is 37.1 Å². The van der Waals surface area contributed by atoms with E-state index in [1.54, 1.807) is 0 Å². The second-order valence-corrected chi connectivity index (χ2v) is 6.91. The van der Waals surface area contributed by atoms with E-state index in [9.17, 15) is 0 Å². The second kappa shape index (κ2) is 8.26. The summed E-state index contributed by atoms with van der Waals surface area (Å²) in [7, 11) is 0. The van der Waals surface area contributed by atoms with Crippen molar-refractivity contribution in [3.8, 4) is 0 Å². The molecule has 112 valence electrons. The molecule has 0 bridgehead atoms. The van der Waals surface area contributed by atoms with Crippen molar-refractivity contribution in [1.29, 1.82) is 0 Å². The summed E-state index contributed by atoms with van der Waals surface area (Å²) >= 11 is 0. The molecule has 1 aliphatic heterocycles. The lowest BCUT2D eigenvalue weighted by Crippen LogP contribution is -2.46. The van der Waals surface area contributed by atoms with Crippen LogP contribution in [0.25, 0.3) is 0 Å². The molecule has 2 unspecified atom stereocenters. The summed E-state index contributed by atoms with van der Waals surface area (Å²) in [6.45, 7) is 9.92. The molecule has 0 radical (unpaired) electrons. The van der Waals surface area contributed by atoms with Gasteiger partial charge in [0, 0.05) is 19.1 Å². The number of nitrogens with one attached hydrogen (secondary N) is 1. The van der Waals surface area contributed by atoms with Gasteiger partial charge in [-0.05, 0) is 64.0 Å². The van der Waals surface area contributed by atoms with Crippen LogP contribution in [0.1, 0.15) is 65.2 Å². The first kappa shape index (κ1) is 15.3. The van der Waals surface area contributed by atoms with E-state index in [0.29, 0.717) is 6.04 Å². The van der Waals surface area contributed by atoms with Gasteiger partial charge in [-0.3, -0.25) is 0 Å². The quantitative estimate of drug-likeness (QED) is 0.789. The Bertz CT molecular complexity index is 235. The molecule has 0 aromatic carbocycles. The summed E-state index contributed by atoms with van der Waals surface area (Å²) in [4.78, 5) is 2.77.